The van der Waals surface area contributed by atoms with Crippen molar-refractivity contribution in [3.8, 4) is 0 Å². The Hall–Kier alpha value is -1.31. The molecule has 0 spiro atoms. The molecule has 0 saturated heterocycles. The molecule has 0 heterocycles. The predicted molar refractivity (Wildman–Crippen MR) is 68.0 cm³/mol. The van der Waals surface area contributed by atoms with Gasteiger partial charge in [-0.15, -0.1) is 0 Å². The lowest BCUT2D eigenvalue weighted by molar-refractivity contribution is -0.163. The molecule has 0 aromatic heterocycles. The number of alkyl halides is 4. The van der Waals surface area contributed by atoms with E-state index < -0.39 is 18.3 Å². The Kier molecular flexibility index (Phi) is 4.78. The Morgan fingerprint density at radius 3 is 2.42 bits per heavy atom. The number of carbonyl (C=O) groups excluding carboxylic acids is 1. The molecule has 0 saturated carbocycles. The molecule has 0 aliphatic heterocycles. The maximum Gasteiger partial charge on any atom is 0.383 e. The van der Waals surface area contributed by atoms with Gasteiger partial charge in [0.15, 0.2) is 0 Å². The molecular formula is C11H11BrF4N2O. The first-order valence-electron chi connectivity index (χ1n) is 5.10. The van der Waals surface area contributed by atoms with E-state index in [1.54, 1.807) is 31.1 Å². The van der Waals surface area contributed by atoms with E-state index in [2.05, 4.69) is 15.9 Å². The highest BCUT2D eigenvalue weighted by molar-refractivity contribution is 9.10. The first kappa shape index (κ1) is 15.7. The minimum Gasteiger partial charge on any atom is -0.376 e. The van der Waals surface area contributed by atoms with Gasteiger partial charge in [0.25, 0.3) is 0 Å². The molecule has 1 rings (SSSR count). The van der Waals surface area contributed by atoms with Gasteiger partial charge in [0.05, 0.1) is 11.4 Å². The molecule has 106 valence electrons. The van der Waals surface area contributed by atoms with Gasteiger partial charge in [-0.05, 0) is 18.2 Å². The molecule has 1 amide bonds. The van der Waals surface area contributed by atoms with Gasteiger partial charge in [-0.3, -0.25) is 4.79 Å². The van der Waals surface area contributed by atoms with Gasteiger partial charge in [0, 0.05) is 18.6 Å². The van der Waals surface area contributed by atoms with Crippen molar-refractivity contribution in [1.29, 1.82) is 0 Å². The fourth-order valence-corrected chi connectivity index (χ4v) is 1.66. The van der Waals surface area contributed by atoms with Crippen molar-refractivity contribution in [2.75, 3.05) is 24.3 Å². The number of benzene rings is 1. The standard InChI is InChI=1S/C11H11BrF4N2O/c1-18(2)8-4-3-6(12)5-7(8)17-10(19)11(15,16)9(13)14/h3-5,9H,1-2H3,(H,17,19). The lowest BCUT2D eigenvalue weighted by atomic mass is 10.2. The summed E-state index contributed by atoms with van der Waals surface area (Å²) in [4.78, 5) is 12.7. The minimum atomic E-state index is -4.73. The molecular weight excluding hydrogens is 332 g/mol. The number of amides is 1. The number of anilines is 2. The van der Waals surface area contributed by atoms with Crippen molar-refractivity contribution in [2.45, 2.75) is 12.3 Å². The van der Waals surface area contributed by atoms with E-state index in [0.717, 1.165) is 0 Å². The van der Waals surface area contributed by atoms with Gasteiger partial charge < -0.3 is 10.2 Å². The molecule has 1 aromatic carbocycles. The number of halogens is 5. The highest BCUT2D eigenvalue weighted by Gasteiger charge is 2.49. The van der Waals surface area contributed by atoms with Crippen LogP contribution in [0.15, 0.2) is 22.7 Å². The van der Waals surface area contributed by atoms with Crippen LogP contribution in [0.25, 0.3) is 0 Å². The van der Waals surface area contributed by atoms with Crippen LogP contribution in [0.4, 0.5) is 28.9 Å². The molecule has 19 heavy (non-hydrogen) atoms. The third kappa shape index (κ3) is 3.59. The Morgan fingerprint density at radius 1 is 1.37 bits per heavy atom. The highest BCUT2D eigenvalue weighted by Crippen LogP contribution is 2.31. The third-order valence-corrected chi connectivity index (χ3v) is 2.76. The topological polar surface area (TPSA) is 32.3 Å². The quantitative estimate of drug-likeness (QED) is 0.851. The fraction of sp³-hybridized carbons (Fsp3) is 0.364. The molecule has 1 aromatic rings. The molecule has 0 radical (unpaired) electrons. The lowest BCUT2D eigenvalue weighted by Crippen LogP contribution is -2.41. The van der Waals surface area contributed by atoms with E-state index in [9.17, 15) is 22.4 Å². The second-order valence-corrected chi connectivity index (χ2v) is 4.85. The van der Waals surface area contributed by atoms with Crippen LogP contribution in [0.5, 0.6) is 0 Å². The summed E-state index contributed by atoms with van der Waals surface area (Å²) < 4.78 is 50.4. The van der Waals surface area contributed by atoms with Gasteiger partial charge in [-0.2, -0.15) is 8.78 Å². The Morgan fingerprint density at radius 2 is 1.95 bits per heavy atom. The lowest BCUT2D eigenvalue weighted by Gasteiger charge is -2.20. The summed E-state index contributed by atoms with van der Waals surface area (Å²) in [5, 5.41) is 1.81. The molecule has 0 fully saturated rings. The fourth-order valence-electron chi connectivity index (χ4n) is 1.30. The maximum absolute atomic E-state index is 12.9. The smallest absolute Gasteiger partial charge is 0.376 e. The van der Waals surface area contributed by atoms with Gasteiger partial charge in [-0.25, -0.2) is 8.78 Å². The molecule has 1 N–H and O–H groups in total. The van der Waals surface area contributed by atoms with Gasteiger partial charge in [0.1, 0.15) is 0 Å². The zero-order valence-electron chi connectivity index (χ0n) is 10.1. The van der Waals surface area contributed by atoms with Gasteiger partial charge >= 0.3 is 18.3 Å². The monoisotopic (exact) mass is 342 g/mol. The second kappa shape index (κ2) is 5.77. The summed E-state index contributed by atoms with van der Waals surface area (Å²) in [6.07, 6.45) is -4.05. The first-order valence-corrected chi connectivity index (χ1v) is 5.90. The van der Waals surface area contributed by atoms with Crippen LogP contribution < -0.4 is 10.2 Å². The zero-order valence-corrected chi connectivity index (χ0v) is 11.6. The summed E-state index contributed by atoms with van der Waals surface area (Å²) in [6, 6.07) is 4.55. The molecule has 0 aliphatic rings. The van der Waals surface area contributed by atoms with Crippen LogP contribution in [0, 0.1) is 0 Å². The second-order valence-electron chi connectivity index (χ2n) is 3.93. The van der Waals surface area contributed by atoms with Crippen LogP contribution >= 0.6 is 15.9 Å². The zero-order chi connectivity index (χ0) is 14.8. The molecule has 0 unspecified atom stereocenters. The summed E-state index contributed by atoms with van der Waals surface area (Å²) in [5.41, 5.74) is 0.436. The molecule has 0 atom stereocenters. The van der Waals surface area contributed by atoms with Crippen molar-refractivity contribution < 1.29 is 22.4 Å². The number of hydrogen-bond donors (Lipinski definition) is 1. The van der Waals surface area contributed by atoms with E-state index in [4.69, 9.17) is 0 Å². The van der Waals surface area contributed by atoms with E-state index in [0.29, 0.717) is 10.2 Å². The molecule has 0 bridgehead atoms. The van der Waals surface area contributed by atoms with E-state index in [1.165, 1.54) is 6.07 Å². The Labute approximate surface area is 115 Å². The first-order chi connectivity index (χ1) is 8.66. The van der Waals surface area contributed by atoms with Crippen molar-refractivity contribution in [1.82, 2.24) is 0 Å². The summed E-state index contributed by atoms with van der Waals surface area (Å²) in [7, 11) is 3.26. The van der Waals surface area contributed by atoms with Crippen LogP contribution in [-0.2, 0) is 4.79 Å². The molecule has 0 aliphatic carbocycles. The number of rotatable bonds is 4. The summed E-state index contributed by atoms with van der Waals surface area (Å²) in [5.74, 6) is -6.77. The summed E-state index contributed by atoms with van der Waals surface area (Å²) >= 11 is 3.11. The van der Waals surface area contributed by atoms with Crippen LogP contribution in [0.1, 0.15) is 0 Å². The van der Waals surface area contributed by atoms with Gasteiger partial charge in [-0.1, -0.05) is 15.9 Å². The van der Waals surface area contributed by atoms with E-state index in [-0.39, 0.29) is 5.69 Å². The van der Waals surface area contributed by atoms with Crippen molar-refractivity contribution in [3.05, 3.63) is 22.7 Å². The molecule has 3 nitrogen and oxygen atoms in total. The van der Waals surface area contributed by atoms with E-state index in [1.807, 2.05) is 5.32 Å². The Balaban J connectivity index is 3.06. The highest BCUT2D eigenvalue weighted by atomic mass is 79.9. The predicted octanol–water partition coefficient (Wildman–Crippen LogP) is 3.35. The van der Waals surface area contributed by atoms with Crippen molar-refractivity contribution >= 4 is 33.2 Å². The summed E-state index contributed by atoms with van der Waals surface area (Å²) in [6.45, 7) is 0. The number of nitrogens with zero attached hydrogens (tertiary/aromatic N) is 1. The third-order valence-electron chi connectivity index (χ3n) is 2.27. The number of carbonyl (C=O) groups is 1. The van der Waals surface area contributed by atoms with Crippen molar-refractivity contribution in [2.24, 2.45) is 0 Å². The van der Waals surface area contributed by atoms with Crippen LogP contribution in [0.2, 0.25) is 0 Å². The number of nitrogens with one attached hydrogen (secondary N) is 1. The average Bonchev–Trinajstić information content (AvgIpc) is 2.28. The maximum atomic E-state index is 12.9. The van der Waals surface area contributed by atoms with Crippen LogP contribution in [0.3, 0.4) is 0 Å². The molecule has 8 heteroatoms. The normalized spacial score (nSPS) is 11.6. The van der Waals surface area contributed by atoms with Gasteiger partial charge in [0.2, 0.25) is 0 Å². The minimum absolute atomic E-state index is 0.0182. The van der Waals surface area contributed by atoms with Crippen LogP contribution in [-0.4, -0.2) is 32.4 Å². The average molecular weight is 343 g/mol. The number of hydrogen-bond acceptors (Lipinski definition) is 2. The Bertz CT molecular complexity index is 480. The van der Waals surface area contributed by atoms with E-state index >= 15 is 0 Å². The largest absolute Gasteiger partial charge is 0.383 e. The van der Waals surface area contributed by atoms with Crippen molar-refractivity contribution in [3.63, 3.8) is 0 Å². The SMILES string of the molecule is CN(C)c1ccc(Br)cc1NC(=O)C(F)(F)C(F)F.